The summed E-state index contributed by atoms with van der Waals surface area (Å²) >= 11 is 0. The molecule has 0 N–H and O–H groups in total. The van der Waals surface area contributed by atoms with Gasteiger partial charge in [-0.2, -0.15) is 0 Å². The smallest absolute Gasteiger partial charge is 0.165 e. The maximum absolute atomic E-state index is 6.45. The van der Waals surface area contributed by atoms with Crippen LogP contribution >= 0.6 is 0 Å². The quantitative estimate of drug-likeness (QED) is 0.216. The molecule has 0 saturated heterocycles. The third kappa shape index (κ3) is 3.11. The van der Waals surface area contributed by atoms with Gasteiger partial charge in [0.2, 0.25) is 0 Å². The second-order valence-electron chi connectivity index (χ2n) is 11.3. The fourth-order valence-corrected chi connectivity index (χ4v) is 7.15. The zero-order valence-corrected chi connectivity index (χ0v) is 23.5. The van der Waals surface area contributed by atoms with E-state index in [4.69, 9.17) is 14.4 Å². The highest BCUT2D eigenvalue weighted by atomic mass is 16.3. The minimum atomic E-state index is 0.806. The third-order valence-corrected chi connectivity index (χ3v) is 8.93. The van der Waals surface area contributed by atoms with E-state index in [0.717, 1.165) is 67.0 Å². The van der Waals surface area contributed by atoms with Crippen LogP contribution in [0.4, 0.5) is 0 Å². The number of para-hydroxylation sites is 2. The van der Waals surface area contributed by atoms with Gasteiger partial charge in [-0.3, -0.25) is 4.57 Å². The lowest BCUT2D eigenvalue weighted by Gasteiger charge is -2.17. The lowest BCUT2D eigenvalue weighted by Crippen LogP contribution is -2.05. The summed E-state index contributed by atoms with van der Waals surface area (Å²) in [7, 11) is 0. The number of fused-ring (bicyclic) bond motifs is 3. The predicted octanol–water partition coefficient (Wildman–Crippen LogP) is 10.5. The molecule has 3 aromatic heterocycles. The van der Waals surface area contributed by atoms with Crippen molar-refractivity contribution in [2.24, 2.45) is 0 Å². The molecule has 1 aliphatic rings. The van der Waals surface area contributed by atoms with Gasteiger partial charge in [-0.25, -0.2) is 9.97 Å². The summed E-state index contributed by atoms with van der Waals surface area (Å²) in [5.74, 6) is 0.806. The Balaban J connectivity index is 1.46. The van der Waals surface area contributed by atoms with Crippen molar-refractivity contribution in [1.82, 2.24) is 14.5 Å². The van der Waals surface area contributed by atoms with Crippen LogP contribution in [0.25, 0.3) is 94.5 Å². The van der Waals surface area contributed by atoms with Gasteiger partial charge in [-0.05, 0) is 52.6 Å². The maximum Gasteiger partial charge on any atom is 0.165 e. The Morgan fingerprint density at radius 1 is 0.455 bits per heavy atom. The molecule has 6 aromatic carbocycles. The summed E-state index contributed by atoms with van der Waals surface area (Å²) in [4.78, 5) is 10.6. The summed E-state index contributed by atoms with van der Waals surface area (Å²) in [6.07, 6.45) is 0. The van der Waals surface area contributed by atoms with Gasteiger partial charge in [-0.1, -0.05) is 109 Å². The molecule has 4 heteroatoms. The molecule has 0 radical (unpaired) electrons. The van der Waals surface area contributed by atoms with E-state index in [1.807, 2.05) is 30.3 Å². The monoisotopic (exact) mass is 561 g/mol. The van der Waals surface area contributed by atoms with Crippen LogP contribution in [0.15, 0.2) is 144 Å². The second-order valence-corrected chi connectivity index (χ2v) is 11.3. The van der Waals surface area contributed by atoms with Gasteiger partial charge in [0.15, 0.2) is 5.82 Å². The first-order valence-electron chi connectivity index (χ1n) is 14.9. The van der Waals surface area contributed by atoms with Crippen molar-refractivity contribution in [2.45, 2.75) is 0 Å². The van der Waals surface area contributed by atoms with E-state index in [0.29, 0.717) is 0 Å². The van der Waals surface area contributed by atoms with Gasteiger partial charge < -0.3 is 4.42 Å². The summed E-state index contributed by atoms with van der Waals surface area (Å²) in [6.45, 7) is 0. The molecular formula is C40H23N3O. The number of rotatable bonds is 3. The van der Waals surface area contributed by atoms with E-state index in [1.165, 1.54) is 27.5 Å². The molecule has 0 bridgehead atoms. The molecule has 3 heterocycles. The normalized spacial score (nSPS) is 12.1. The van der Waals surface area contributed by atoms with Crippen LogP contribution in [-0.2, 0) is 0 Å². The van der Waals surface area contributed by atoms with E-state index in [2.05, 4.69) is 114 Å². The van der Waals surface area contributed by atoms with Gasteiger partial charge in [0, 0.05) is 27.3 Å². The van der Waals surface area contributed by atoms with Crippen LogP contribution in [0.5, 0.6) is 0 Å². The molecule has 0 atom stereocenters. The summed E-state index contributed by atoms with van der Waals surface area (Å²) < 4.78 is 8.80. The first-order valence-corrected chi connectivity index (χ1v) is 14.9. The third-order valence-electron chi connectivity index (χ3n) is 8.93. The standard InChI is InChI=1S/C40H23N3O/c1-3-12-24(13-4-1)38-40(42-30-20-8-7-19-29(30)41-38)43-31-21-9-16-26-27-17-10-22-32-35(27)36-28(18-11-23-33(36)44-32)37(34(26)31)39(43)25-14-5-2-6-15-25/h1-23H. The van der Waals surface area contributed by atoms with Crippen LogP contribution in [0.1, 0.15) is 0 Å². The summed E-state index contributed by atoms with van der Waals surface area (Å²) in [6, 6.07) is 48.7. The average molecular weight is 562 g/mol. The summed E-state index contributed by atoms with van der Waals surface area (Å²) in [5, 5.41) is 3.53. The topological polar surface area (TPSA) is 43.9 Å². The van der Waals surface area contributed by atoms with Gasteiger partial charge in [-0.15, -0.1) is 0 Å². The molecule has 0 unspecified atom stereocenters. The number of furan rings is 1. The van der Waals surface area contributed by atoms with Crippen molar-refractivity contribution in [3.8, 4) is 50.6 Å². The Hall–Kier alpha value is -6.00. The highest BCUT2D eigenvalue weighted by molar-refractivity contribution is 6.27. The molecule has 204 valence electrons. The van der Waals surface area contributed by atoms with Crippen molar-refractivity contribution < 1.29 is 4.42 Å². The highest BCUT2D eigenvalue weighted by Gasteiger charge is 2.31. The fourth-order valence-electron chi connectivity index (χ4n) is 7.15. The van der Waals surface area contributed by atoms with E-state index in [-0.39, 0.29) is 0 Å². The lowest BCUT2D eigenvalue weighted by molar-refractivity contribution is 0.669. The van der Waals surface area contributed by atoms with Crippen LogP contribution in [0.3, 0.4) is 0 Å². The van der Waals surface area contributed by atoms with Crippen molar-refractivity contribution >= 4 is 43.9 Å². The maximum atomic E-state index is 6.45. The number of nitrogens with zero attached hydrogens (tertiary/aromatic N) is 3. The van der Waals surface area contributed by atoms with Gasteiger partial charge in [0.05, 0.1) is 22.2 Å². The highest BCUT2D eigenvalue weighted by Crippen LogP contribution is 2.53. The number of benzene rings is 6. The Morgan fingerprint density at radius 3 is 1.75 bits per heavy atom. The van der Waals surface area contributed by atoms with Crippen LogP contribution in [0, 0.1) is 0 Å². The number of aromatic nitrogens is 3. The van der Waals surface area contributed by atoms with Crippen molar-refractivity contribution in [3.05, 3.63) is 140 Å². The Morgan fingerprint density at radius 2 is 1.02 bits per heavy atom. The van der Waals surface area contributed by atoms with Gasteiger partial charge in [0.1, 0.15) is 16.9 Å². The fraction of sp³-hybridized carbons (Fsp3) is 0. The Labute approximate surface area is 252 Å². The molecular weight excluding hydrogens is 538 g/mol. The molecule has 10 rings (SSSR count). The van der Waals surface area contributed by atoms with E-state index < -0.39 is 0 Å². The van der Waals surface area contributed by atoms with Crippen molar-refractivity contribution in [2.75, 3.05) is 0 Å². The zero-order valence-electron chi connectivity index (χ0n) is 23.5. The lowest BCUT2D eigenvalue weighted by atomic mass is 9.95. The predicted molar refractivity (Wildman–Crippen MR) is 179 cm³/mol. The molecule has 0 saturated carbocycles. The molecule has 0 spiro atoms. The largest absolute Gasteiger partial charge is 0.456 e. The SMILES string of the molecule is c1ccc(-c2nc3ccccc3nc2-n2c(-c3ccccc3)c3c4c(cccc42)-c2cccc4oc5cccc-3c5c24)cc1. The first-order chi connectivity index (χ1) is 21.8. The van der Waals surface area contributed by atoms with Crippen LogP contribution in [-0.4, -0.2) is 14.5 Å². The second kappa shape index (κ2) is 8.76. The van der Waals surface area contributed by atoms with Gasteiger partial charge >= 0.3 is 0 Å². The number of hydrogen-bond acceptors (Lipinski definition) is 3. The minimum absolute atomic E-state index is 0.806. The molecule has 44 heavy (non-hydrogen) atoms. The zero-order chi connectivity index (χ0) is 28.8. The Bertz CT molecular complexity index is 2590. The van der Waals surface area contributed by atoms with Crippen molar-refractivity contribution in [3.63, 3.8) is 0 Å². The van der Waals surface area contributed by atoms with Gasteiger partial charge in [0.25, 0.3) is 0 Å². The summed E-state index contributed by atoms with van der Waals surface area (Å²) in [5.41, 5.74) is 13.4. The average Bonchev–Trinajstić information content (AvgIpc) is 3.61. The van der Waals surface area contributed by atoms with E-state index >= 15 is 0 Å². The van der Waals surface area contributed by atoms with Crippen LogP contribution in [0.2, 0.25) is 0 Å². The van der Waals surface area contributed by atoms with Crippen molar-refractivity contribution in [1.29, 1.82) is 0 Å². The molecule has 4 nitrogen and oxygen atoms in total. The van der Waals surface area contributed by atoms with Crippen LogP contribution < -0.4 is 0 Å². The molecule has 9 aromatic rings. The molecule has 0 amide bonds. The molecule has 0 aliphatic heterocycles. The molecule has 0 fully saturated rings. The van der Waals surface area contributed by atoms with E-state index in [9.17, 15) is 0 Å². The number of hydrogen-bond donors (Lipinski definition) is 0. The minimum Gasteiger partial charge on any atom is -0.456 e. The Kier molecular flexibility index (Phi) is 4.69. The first kappa shape index (κ1) is 23.6. The van der Waals surface area contributed by atoms with E-state index in [1.54, 1.807) is 0 Å². The molecule has 1 aliphatic carbocycles.